The van der Waals surface area contributed by atoms with Crippen LogP contribution in [0.2, 0.25) is 0 Å². The Morgan fingerprint density at radius 3 is 2.08 bits per heavy atom. The van der Waals surface area contributed by atoms with Crippen molar-refractivity contribution in [3.8, 4) is 0 Å². The first kappa shape index (κ1) is 59.8. The number of carboxylic acids is 3. The first-order valence-electron chi connectivity index (χ1n) is 25.4. The highest BCUT2D eigenvalue weighted by Crippen LogP contribution is 2.16. The van der Waals surface area contributed by atoms with Crippen LogP contribution < -0.4 is 38.1 Å². The van der Waals surface area contributed by atoms with E-state index in [0.29, 0.717) is 134 Å². The van der Waals surface area contributed by atoms with Gasteiger partial charge in [-0.2, -0.15) is 4.98 Å². The van der Waals surface area contributed by atoms with Gasteiger partial charge < -0.3 is 56.0 Å². The Hall–Kier alpha value is -7.10. The third-order valence-corrected chi connectivity index (χ3v) is 12.6. The molecule has 2 atom stereocenters. The van der Waals surface area contributed by atoms with Gasteiger partial charge in [0.2, 0.25) is 16.8 Å². The number of unbranched alkanes of at least 4 members (excludes halogenated alkanes) is 2. The first-order valence-corrected chi connectivity index (χ1v) is 25.4. The number of nitrogen functional groups attached to an aromatic ring is 1. The highest BCUT2D eigenvalue weighted by atomic mass is 16.5. The minimum atomic E-state index is -1.26. The first-order chi connectivity index (χ1) is 36.6. The summed E-state index contributed by atoms with van der Waals surface area (Å²) in [6, 6.07) is 4.18. The molecule has 9 N–H and O–H groups in total. The van der Waals surface area contributed by atoms with Gasteiger partial charge in [-0.25, -0.2) is 14.8 Å². The average molecular weight is 1060 g/mol. The molecule has 4 aromatic rings. The number of aromatic amines is 1. The van der Waals surface area contributed by atoms with Crippen molar-refractivity contribution in [2.45, 2.75) is 82.8 Å². The number of aliphatic carboxylic acids is 3. The van der Waals surface area contributed by atoms with E-state index in [1.807, 2.05) is 4.90 Å². The van der Waals surface area contributed by atoms with Gasteiger partial charge in [0.05, 0.1) is 63.6 Å². The fourth-order valence-electron chi connectivity index (χ4n) is 8.43. The number of H-pyrrole nitrogens is 1. The lowest BCUT2D eigenvalue weighted by Gasteiger charge is -2.30. The van der Waals surface area contributed by atoms with Crippen molar-refractivity contribution in [2.75, 3.05) is 115 Å². The zero-order valence-corrected chi connectivity index (χ0v) is 42.5. The van der Waals surface area contributed by atoms with Crippen LogP contribution in [0.4, 0.5) is 17.3 Å². The van der Waals surface area contributed by atoms with E-state index in [9.17, 15) is 58.5 Å². The van der Waals surface area contributed by atoms with E-state index >= 15 is 0 Å². The smallest absolute Gasteiger partial charge is 0.326 e. The van der Waals surface area contributed by atoms with Crippen molar-refractivity contribution in [2.24, 2.45) is 0 Å². The number of carbonyl (C=O) groups excluding carboxylic acids is 3. The molecule has 0 saturated carbocycles. The molecule has 0 aliphatic carbocycles. The largest absolute Gasteiger partial charge is 0.480 e. The molecule has 1 unspecified atom stereocenters. The van der Waals surface area contributed by atoms with Crippen molar-refractivity contribution in [1.29, 1.82) is 0 Å². The molecule has 1 saturated heterocycles. The van der Waals surface area contributed by atoms with E-state index in [1.54, 1.807) is 21.9 Å². The van der Waals surface area contributed by atoms with Crippen molar-refractivity contribution < 1.29 is 58.3 Å². The summed E-state index contributed by atoms with van der Waals surface area (Å²) < 4.78 is 16.8. The number of hydrogen-bond donors (Lipinski definition) is 8. The Morgan fingerprint density at radius 2 is 1.41 bits per heavy atom. The number of anilines is 3. The molecule has 1 aliphatic heterocycles. The second kappa shape index (κ2) is 31.7. The lowest BCUT2D eigenvalue weighted by atomic mass is 10.0. The van der Waals surface area contributed by atoms with Gasteiger partial charge in [-0.3, -0.25) is 53.2 Å². The van der Waals surface area contributed by atoms with Gasteiger partial charge in [-0.1, -0.05) is 0 Å². The number of nitrogens with zero attached hydrogens (tertiary/aromatic N) is 6. The van der Waals surface area contributed by atoms with Crippen molar-refractivity contribution in [3.05, 3.63) is 78.1 Å². The Balaban J connectivity index is 0.854. The van der Waals surface area contributed by atoms with Gasteiger partial charge in [0.1, 0.15) is 24.2 Å². The highest BCUT2D eigenvalue weighted by Gasteiger charge is 2.28. The third-order valence-electron chi connectivity index (χ3n) is 12.6. The maximum atomic E-state index is 12.9. The zero-order valence-electron chi connectivity index (χ0n) is 42.5. The number of carboxylic acid groups (broad SMARTS) is 3. The number of fused-ring (bicyclic) bond motifs is 1. The molecule has 26 heteroatoms. The van der Waals surface area contributed by atoms with Crippen LogP contribution in [-0.2, 0) is 51.1 Å². The second-order valence-corrected chi connectivity index (χ2v) is 18.2. The molecule has 5 rings (SSSR count). The maximum Gasteiger partial charge on any atom is 0.326 e. The van der Waals surface area contributed by atoms with E-state index in [0.717, 1.165) is 6.29 Å². The molecule has 1 amide bonds. The minimum Gasteiger partial charge on any atom is -0.480 e. The number of carbonyl (C=O) groups is 6. The molecule has 2 aromatic carbocycles. The van der Waals surface area contributed by atoms with Crippen LogP contribution in [0.3, 0.4) is 0 Å². The van der Waals surface area contributed by atoms with E-state index in [2.05, 4.69) is 35.9 Å². The number of nitrogens with two attached hydrogens (primary N) is 1. The summed E-state index contributed by atoms with van der Waals surface area (Å²) in [6.45, 7) is 5.15. The van der Waals surface area contributed by atoms with Gasteiger partial charge in [-0.15, -0.1) is 0 Å². The average Bonchev–Trinajstić information content (AvgIpc) is 3.48. The summed E-state index contributed by atoms with van der Waals surface area (Å²) in [6.07, 6.45) is 5.86. The molecule has 0 bridgehead atoms. The van der Waals surface area contributed by atoms with Crippen LogP contribution in [0, 0.1) is 0 Å². The quantitative estimate of drug-likeness (QED) is 0.0170. The lowest BCUT2D eigenvalue weighted by Crippen LogP contribution is -2.47. The maximum absolute atomic E-state index is 12.9. The van der Waals surface area contributed by atoms with Crippen molar-refractivity contribution in [3.63, 3.8) is 0 Å². The Labute approximate surface area is 437 Å². The van der Waals surface area contributed by atoms with Crippen LogP contribution in [0.15, 0.2) is 44.8 Å². The SMILES string of the molecule is Nc1nc2ncc(CNc3ccc(C(=O)N[C@@H](CCC(=O)CCCCOCCOCCOCCCCc4c(NCCCC(C(=O)O)N5CCN(CC=O)CCN(CC(=O)O)CC5)c(=O)c4=O)C(=O)O)cc3)nc2c(=O)[nH]1. The van der Waals surface area contributed by atoms with Crippen molar-refractivity contribution in [1.82, 2.24) is 40.0 Å². The van der Waals surface area contributed by atoms with Gasteiger partial charge in [0.25, 0.3) is 11.5 Å². The fraction of sp³-hybridized carbons (Fsp3) is 0.560. The predicted octanol–water partition coefficient (Wildman–Crippen LogP) is 0.127. The molecule has 1 fully saturated rings. The summed E-state index contributed by atoms with van der Waals surface area (Å²) in [7, 11) is 0. The standard InChI is InChI=1S/C50H69N11O15/c51-50-57-45-42(47(69)58-50)55-35(31-54-45)30-53-34-11-9-33(10-12-34)46(68)56-38(48(70)71)14-13-36(63)6-1-3-24-74-26-28-76-29-27-75-25-4-2-7-37-41(44(67)43(37)66)52-15-5-8-39(49(72)73)61-20-18-59(22-23-62)16-17-60(19-21-61)32-40(64)65/h9-12,23,31,38-39,52-53H,1-8,13-22,24-30,32H2,(H,56,68)(H,64,65)(H,70,71)(H,72,73)(H3,51,54,57,58,69)/t38-,39?/m0/s1. The zero-order chi connectivity index (χ0) is 54.8. The number of Topliss-reactive ketones (excluding diaryl/α,β-unsaturated/α-hetero) is 1. The van der Waals surface area contributed by atoms with Crippen LogP contribution in [0.25, 0.3) is 11.2 Å². The normalized spacial score (nSPS) is 14.6. The molecule has 414 valence electrons. The topological polar surface area (TPSA) is 368 Å². The van der Waals surface area contributed by atoms with Crippen LogP contribution in [0.1, 0.15) is 79.4 Å². The van der Waals surface area contributed by atoms with Gasteiger partial charge in [0, 0.05) is 88.7 Å². The number of amides is 1. The molecule has 0 radical (unpaired) electrons. The lowest BCUT2D eigenvalue weighted by molar-refractivity contribution is -0.144. The van der Waals surface area contributed by atoms with E-state index in [4.69, 9.17) is 19.9 Å². The molecule has 2 aromatic heterocycles. The number of ketones is 1. The summed E-state index contributed by atoms with van der Waals surface area (Å²) in [5, 5.41) is 37.7. The Bertz CT molecular complexity index is 2680. The van der Waals surface area contributed by atoms with Crippen LogP contribution in [0.5, 0.6) is 0 Å². The second-order valence-electron chi connectivity index (χ2n) is 18.2. The molecule has 76 heavy (non-hydrogen) atoms. The van der Waals surface area contributed by atoms with Crippen molar-refractivity contribution >= 4 is 64.4 Å². The summed E-state index contributed by atoms with van der Waals surface area (Å²) >= 11 is 0. The van der Waals surface area contributed by atoms with Gasteiger partial charge >= 0.3 is 17.9 Å². The molecular weight excluding hydrogens is 995 g/mol. The minimum absolute atomic E-state index is 0.0188. The number of aldehydes is 1. The number of benzene rings is 1. The third kappa shape index (κ3) is 19.9. The fourth-order valence-corrected chi connectivity index (χ4v) is 8.43. The molecule has 0 spiro atoms. The molecule has 1 aliphatic rings. The predicted molar refractivity (Wildman–Crippen MR) is 277 cm³/mol. The molecule has 26 nitrogen and oxygen atoms in total. The van der Waals surface area contributed by atoms with Gasteiger partial charge in [-0.05, 0) is 75.6 Å². The molecular formula is C50H69N11O15. The van der Waals surface area contributed by atoms with E-state index in [1.165, 1.54) is 18.3 Å². The number of nitrogens with one attached hydrogen (secondary N) is 4. The number of rotatable bonds is 36. The number of hydrogen-bond acceptors (Lipinski definition) is 21. The highest BCUT2D eigenvalue weighted by molar-refractivity contribution is 5.97. The Morgan fingerprint density at radius 1 is 0.750 bits per heavy atom. The van der Waals surface area contributed by atoms with Crippen LogP contribution in [-0.4, -0.2) is 196 Å². The summed E-state index contributed by atoms with van der Waals surface area (Å²) in [5.74, 6) is -4.06. The summed E-state index contributed by atoms with van der Waals surface area (Å²) in [5.41, 5.74) is 6.07. The van der Waals surface area contributed by atoms with Gasteiger partial charge in [0.15, 0.2) is 11.2 Å². The number of ether oxygens (including phenoxy) is 3. The molecule has 3 heterocycles. The monoisotopic (exact) mass is 1060 g/mol. The van der Waals surface area contributed by atoms with E-state index < -0.39 is 52.3 Å². The summed E-state index contributed by atoms with van der Waals surface area (Å²) in [4.78, 5) is 129. The Kier molecular flexibility index (Phi) is 24.9. The number of aromatic nitrogens is 4. The van der Waals surface area contributed by atoms with Crippen LogP contribution >= 0.6 is 0 Å². The van der Waals surface area contributed by atoms with E-state index in [-0.39, 0.29) is 86.0 Å².